The first-order valence-corrected chi connectivity index (χ1v) is 9.71. The first-order valence-electron chi connectivity index (χ1n) is 9.71. The van der Waals surface area contributed by atoms with Crippen molar-refractivity contribution in [2.45, 2.75) is 6.04 Å². The average molecular weight is 375 g/mol. The molecule has 0 fully saturated rings. The van der Waals surface area contributed by atoms with E-state index in [0.29, 0.717) is 0 Å². The number of para-hydroxylation sites is 1. The van der Waals surface area contributed by atoms with Crippen LogP contribution in [0.2, 0.25) is 0 Å². The summed E-state index contributed by atoms with van der Waals surface area (Å²) in [4.78, 5) is 15.9. The van der Waals surface area contributed by atoms with Crippen molar-refractivity contribution >= 4 is 55.1 Å². The van der Waals surface area contributed by atoms with Gasteiger partial charge in [-0.3, -0.25) is 13.8 Å². The van der Waals surface area contributed by atoms with Crippen molar-refractivity contribution in [3.05, 3.63) is 82.5 Å². The summed E-state index contributed by atoms with van der Waals surface area (Å²) in [6, 6.07) is 12.4. The monoisotopic (exact) mass is 375 g/mol. The summed E-state index contributed by atoms with van der Waals surface area (Å²) in [5, 5.41) is 4.93. The van der Waals surface area contributed by atoms with Crippen LogP contribution < -0.4 is 10.8 Å². The van der Waals surface area contributed by atoms with Gasteiger partial charge in [-0.15, -0.1) is 0 Å². The predicted molar refractivity (Wildman–Crippen MR) is 114 cm³/mol. The minimum Gasteiger partial charge on any atom is -0.424 e. The molecule has 1 atom stereocenters. The Morgan fingerprint density at radius 2 is 1.83 bits per heavy atom. The smallest absolute Gasteiger partial charge is 0.256 e. The maximum Gasteiger partial charge on any atom is 0.256 e. The summed E-state index contributed by atoms with van der Waals surface area (Å²) in [5.74, 6) is 0. The van der Waals surface area contributed by atoms with Crippen LogP contribution in [0.1, 0.15) is 6.04 Å². The molecule has 29 heavy (non-hydrogen) atoms. The van der Waals surface area contributed by atoms with Crippen molar-refractivity contribution in [3.63, 3.8) is 0 Å². The highest BCUT2D eigenvalue weighted by atomic mass is 16.4. The number of nitrogens with zero attached hydrogens (tertiary/aromatic N) is 2. The normalized spacial score (nSPS) is 17.8. The number of furan rings is 1. The quantitative estimate of drug-likeness (QED) is 0.433. The number of H-pyrrole nitrogens is 1. The zero-order valence-electron chi connectivity index (χ0n) is 15.1. The van der Waals surface area contributed by atoms with Gasteiger partial charge < -0.3 is 9.40 Å². The number of nitrogens with one attached hydrogen (secondary N) is 1. The van der Waals surface area contributed by atoms with Gasteiger partial charge in [0, 0.05) is 39.7 Å². The Labute approximate surface area is 162 Å². The lowest BCUT2D eigenvalue weighted by Gasteiger charge is -2.15. The second kappa shape index (κ2) is 4.36. The predicted octanol–water partition coefficient (Wildman–Crippen LogP) is 4.19. The average Bonchev–Trinajstić information content (AvgIpc) is 3.47. The molecule has 1 aliphatic heterocycles. The SMILES string of the molecule is O=c1[nH]cc2c3c4c5c(c6ccccc6n5c5ccc(o5)n4C4C=CC=CC=34)c12. The van der Waals surface area contributed by atoms with Gasteiger partial charge in [0.25, 0.3) is 5.56 Å². The fraction of sp³-hybridized carbons (Fsp3) is 0.0417. The number of aromatic nitrogens is 3. The highest BCUT2D eigenvalue weighted by Crippen LogP contribution is 2.42. The molecule has 0 spiro atoms. The molecule has 0 amide bonds. The molecule has 0 saturated carbocycles. The molecule has 6 aromatic rings. The Kier molecular flexibility index (Phi) is 2.11. The maximum absolute atomic E-state index is 13.0. The van der Waals surface area contributed by atoms with Crippen molar-refractivity contribution in [1.29, 1.82) is 0 Å². The molecule has 2 aromatic carbocycles. The van der Waals surface area contributed by atoms with E-state index in [-0.39, 0.29) is 11.6 Å². The molecule has 1 aliphatic carbocycles. The molecular weight excluding hydrogens is 362 g/mol. The Morgan fingerprint density at radius 3 is 2.79 bits per heavy atom. The molecule has 1 unspecified atom stereocenters. The summed E-state index contributed by atoms with van der Waals surface area (Å²) >= 11 is 0. The largest absolute Gasteiger partial charge is 0.424 e. The number of rotatable bonds is 0. The minimum absolute atomic E-state index is 0.0415. The first-order chi connectivity index (χ1) is 14.3. The molecule has 8 rings (SSSR count). The molecule has 2 bridgehead atoms. The fourth-order valence-electron chi connectivity index (χ4n) is 5.51. The highest BCUT2D eigenvalue weighted by Gasteiger charge is 2.31. The van der Waals surface area contributed by atoms with Gasteiger partial charge >= 0.3 is 0 Å². The van der Waals surface area contributed by atoms with Gasteiger partial charge in [0.1, 0.15) is 0 Å². The molecule has 5 heterocycles. The lowest BCUT2D eigenvalue weighted by molar-refractivity contribution is 0.601. The van der Waals surface area contributed by atoms with E-state index in [4.69, 9.17) is 4.42 Å². The van der Waals surface area contributed by atoms with Crippen molar-refractivity contribution in [2.75, 3.05) is 0 Å². The molecule has 0 saturated heterocycles. The van der Waals surface area contributed by atoms with Crippen LogP contribution in [-0.4, -0.2) is 14.0 Å². The third-order valence-corrected chi connectivity index (χ3v) is 6.54. The van der Waals surface area contributed by atoms with E-state index in [0.717, 1.165) is 54.7 Å². The lowest BCUT2D eigenvalue weighted by Crippen LogP contribution is -2.08. The summed E-state index contributed by atoms with van der Waals surface area (Å²) in [7, 11) is 0. The van der Waals surface area contributed by atoms with E-state index in [1.54, 1.807) is 0 Å². The van der Waals surface area contributed by atoms with Crippen LogP contribution in [-0.2, 0) is 0 Å². The lowest BCUT2D eigenvalue weighted by atomic mass is 9.98. The Balaban J connectivity index is 1.93. The number of aromatic amines is 1. The second-order valence-electron chi connectivity index (χ2n) is 7.83. The van der Waals surface area contributed by atoms with Crippen molar-refractivity contribution in [2.24, 2.45) is 0 Å². The van der Waals surface area contributed by atoms with E-state index in [1.165, 1.54) is 5.57 Å². The van der Waals surface area contributed by atoms with Gasteiger partial charge in [-0.05, 0) is 11.6 Å². The van der Waals surface area contributed by atoms with Crippen LogP contribution in [0.4, 0.5) is 0 Å². The van der Waals surface area contributed by atoms with Crippen LogP contribution in [0.25, 0.3) is 55.1 Å². The van der Waals surface area contributed by atoms with Crippen LogP contribution in [0, 0.1) is 0 Å². The molecule has 1 N–H and O–H groups in total. The zero-order chi connectivity index (χ0) is 18.9. The first kappa shape index (κ1) is 14.1. The maximum atomic E-state index is 13.0. The standard InChI is InChI=1S/C24H13N3O2/c28-24-21-14(11-25-24)19-12-5-1-3-7-15(12)26-17-9-10-18(29-17)27-16-8-4-2-6-13(16)20(21)23(27)22(19)26/h1-11,15H,(H,25,28). The Morgan fingerprint density at radius 1 is 0.931 bits per heavy atom. The number of benzene rings is 2. The van der Waals surface area contributed by atoms with Gasteiger partial charge in [0.15, 0.2) is 0 Å². The van der Waals surface area contributed by atoms with Crippen LogP contribution in [0.3, 0.4) is 0 Å². The van der Waals surface area contributed by atoms with E-state index in [2.05, 4.69) is 50.4 Å². The number of fused-ring (bicyclic) bond motifs is 12. The van der Waals surface area contributed by atoms with Crippen LogP contribution in [0.5, 0.6) is 0 Å². The topological polar surface area (TPSA) is 55.3 Å². The summed E-state index contributed by atoms with van der Waals surface area (Å²) in [6.07, 6.45) is 10.4. The number of hydrogen-bond donors (Lipinski definition) is 1. The van der Waals surface area contributed by atoms with Gasteiger partial charge in [-0.25, -0.2) is 0 Å². The molecule has 4 aromatic heterocycles. The summed E-state index contributed by atoms with van der Waals surface area (Å²) in [5.41, 5.74) is 5.97. The minimum atomic E-state index is -0.0415. The van der Waals surface area contributed by atoms with E-state index < -0.39 is 0 Å². The molecule has 5 heteroatoms. The van der Waals surface area contributed by atoms with Gasteiger partial charge in [-0.2, -0.15) is 0 Å². The second-order valence-corrected chi connectivity index (χ2v) is 7.83. The molecule has 5 nitrogen and oxygen atoms in total. The molecule has 136 valence electrons. The van der Waals surface area contributed by atoms with Crippen molar-refractivity contribution in [3.8, 4) is 0 Å². The zero-order valence-corrected chi connectivity index (χ0v) is 15.1. The Bertz CT molecular complexity index is 1880. The fourth-order valence-corrected chi connectivity index (χ4v) is 5.51. The summed E-state index contributed by atoms with van der Waals surface area (Å²) < 4.78 is 10.8. The molecular formula is C24H13N3O2. The highest BCUT2D eigenvalue weighted by molar-refractivity contribution is 6.26. The number of allylic oxidation sites excluding steroid dienone is 4. The van der Waals surface area contributed by atoms with Gasteiger partial charge in [0.05, 0.1) is 28.0 Å². The Hall–Kier alpha value is -3.99. The van der Waals surface area contributed by atoms with Crippen molar-refractivity contribution < 1.29 is 4.42 Å². The van der Waals surface area contributed by atoms with E-state index >= 15 is 0 Å². The van der Waals surface area contributed by atoms with Gasteiger partial charge in [0.2, 0.25) is 11.4 Å². The third-order valence-electron chi connectivity index (χ3n) is 6.54. The molecule has 2 aliphatic rings. The van der Waals surface area contributed by atoms with Gasteiger partial charge in [-0.1, -0.05) is 42.5 Å². The third kappa shape index (κ3) is 1.37. The van der Waals surface area contributed by atoms with Crippen LogP contribution in [0.15, 0.2) is 76.1 Å². The summed E-state index contributed by atoms with van der Waals surface area (Å²) in [6.45, 7) is 0. The number of hydrogen-bond acceptors (Lipinski definition) is 2. The van der Waals surface area contributed by atoms with E-state index in [9.17, 15) is 4.79 Å². The van der Waals surface area contributed by atoms with E-state index in [1.807, 2.05) is 30.5 Å². The van der Waals surface area contributed by atoms with Crippen LogP contribution >= 0.6 is 0 Å². The van der Waals surface area contributed by atoms with Crippen molar-refractivity contribution in [1.82, 2.24) is 14.0 Å². The molecule has 0 radical (unpaired) electrons.